The molecule has 1 fully saturated rings. The molecule has 0 aliphatic carbocycles. The molecule has 7 heteroatoms. The first kappa shape index (κ1) is 13.4. The normalized spacial score (nSPS) is 19.3. The lowest BCUT2D eigenvalue weighted by Crippen LogP contribution is -2.46. The second-order valence-corrected chi connectivity index (χ2v) is 5.21. The van der Waals surface area contributed by atoms with E-state index in [0.29, 0.717) is 10.9 Å². The van der Waals surface area contributed by atoms with Crippen molar-refractivity contribution in [3.63, 3.8) is 0 Å². The quantitative estimate of drug-likeness (QED) is 0.709. The van der Waals surface area contributed by atoms with E-state index in [1.807, 2.05) is 13.0 Å². The Morgan fingerprint density at radius 3 is 2.76 bits per heavy atom. The minimum atomic E-state index is -0.766. The van der Waals surface area contributed by atoms with Crippen molar-refractivity contribution in [3.05, 3.63) is 34.1 Å². The van der Waals surface area contributed by atoms with E-state index in [9.17, 15) is 14.4 Å². The standard InChI is InChI=1S/C14H14N4O3/c1-8-3-4-10-9(7-8)13(20)18(16-15-10)11-5-6-12(19)17(2)14(11)21/h3-4,7,11H,5-6H2,1-2H3. The number of aromatic nitrogens is 3. The number of hydrogen-bond acceptors (Lipinski definition) is 5. The SMILES string of the molecule is Cc1ccc2nnn(C3CCC(=O)N(C)C3=O)c(=O)c2c1. The molecule has 2 heterocycles. The summed E-state index contributed by atoms with van der Waals surface area (Å²) in [5, 5.41) is 8.29. The van der Waals surface area contributed by atoms with Crippen molar-refractivity contribution in [3.8, 4) is 0 Å². The molecule has 21 heavy (non-hydrogen) atoms. The third-order valence-electron chi connectivity index (χ3n) is 3.76. The van der Waals surface area contributed by atoms with Gasteiger partial charge >= 0.3 is 0 Å². The fraction of sp³-hybridized carbons (Fsp3) is 0.357. The van der Waals surface area contributed by atoms with Crippen molar-refractivity contribution in [2.75, 3.05) is 7.05 Å². The summed E-state index contributed by atoms with van der Waals surface area (Å²) in [6, 6.07) is 4.53. The van der Waals surface area contributed by atoms with E-state index in [4.69, 9.17) is 0 Å². The van der Waals surface area contributed by atoms with Gasteiger partial charge in [0.25, 0.3) is 11.5 Å². The average Bonchev–Trinajstić information content (AvgIpc) is 2.47. The van der Waals surface area contributed by atoms with Gasteiger partial charge in [0.05, 0.1) is 5.39 Å². The molecule has 2 aromatic rings. The molecule has 1 aliphatic heterocycles. The average molecular weight is 286 g/mol. The number of fused-ring (bicyclic) bond motifs is 1. The predicted molar refractivity (Wildman–Crippen MR) is 74.6 cm³/mol. The summed E-state index contributed by atoms with van der Waals surface area (Å²) in [6.07, 6.45) is 0.487. The first-order chi connectivity index (χ1) is 9.99. The second-order valence-electron chi connectivity index (χ2n) is 5.21. The molecule has 1 unspecified atom stereocenters. The van der Waals surface area contributed by atoms with Gasteiger partial charge in [0.2, 0.25) is 5.91 Å². The number of carbonyl (C=O) groups is 2. The number of amides is 2. The van der Waals surface area contributed by atoms with Crippen LogP contribution in [0.25, 0.3) is 10.9 Å². The van der Waals surface area contributed by atoms with Crippen LogP contribution < -0.4 is 5.56 Å². The Morgan fingerprint density at radius 2 is 2.00 bits per heavy atom. The Kier molecular flexibility index (Phi) is 3.04. The van der Waals surface area contributed by atoms with Gasteiger partial charge in [-0.3, -0.25) is 19.3 Å². The molecule has 0 bridgehead atoms. The van der Waals surface area contributed by atoms with E-state index in [-0.39, 0.29) is 24.3 Å². The van der Waals surface area contributed by atoms with Crippen LogP contribution in [0, 0.1) is 6.92 Å². The zero-order valence-corrected chi connectivity index (χ0v) is 11.7. The van der Waals surface area contributed by atoms with Gasteiger partial charge in [0.1, 0.15) is 11.6 Å². The molecule has 1 aromatic carbocycles. The maximum absolute atomic E-state index is 12.5. The summed E-state index contributed by atoms with van der Waals surface area (Å²) in [6.45, 7) is 1.88. The molecule has 1 aliphatic rings. The van der Waals surface area contributed by atoms with Crippen LogP contribution in [-0.2, 0) is 9.59 Å². The van der Waals surface area contributed by atoms with Crippen LogP contribution in [0.1, 0.15) is 24.4 Å². The first-order valence-corrected chi connectivity index (χ1v) is 6.65. The smallest absolute Gasteiger partial charge is 0.278 e. The number of likely N-dealkylation sites (N-methyl/N-ethyl adjacent to an activating group) is 1. The molecule has 0 radical (unpaired) electrons. The molecular weight excluding hydrogens is 272 g/mol. The Labute approximate surface area is 120 Å². The number of piperidine rings is 1. The molecule has 108 valence electrons. The molecule has 1 saturated heterocycles. The molecule has 0 N–H and O–H groups in total. The first-order valence-electron chi connectivity index (χ1n) is 6.65. The van der Waals surface area contributed by atoms with Crippen molar-refractivity contribution in [1.29, 1.82) is 0 Å². The third-order valence-corrected chi connectivity index (χ3v) is 3.76. The monoisotopic (exact) mass is 286 g/mol. The minimum Gasteiger partial charge on any atom is -0.284 e. The summed E-state index contributed by atoms with van der Waals surface area (Å²) in [5.41, 5.74) is 1.07. The van der Waals surface area contributed by atoms with Gasteiger partial charge < -0.3 is 0 Å². The van der Waals surface area contributed by atoms with Crippen molar-refractivity contribution in [1.82, 2.24) is 19.9 Å². The third kappa shape index (κ3) is 2.10. The zero-order valence-electron chi connectivity index (χ0n) is 11.7. The number of hydrogen-bond donors (Lipinski definition) is 0. The van der Waals surface area contributed by atoms with Crippen molar-refractivity contribution < 1.29 is 9.59 Å². The van der Waals surface area contributed by atoms with Gasteiger partial charge in [-0.1, -0.05) is 16.8 Å². The Balaban J connectivity index is 2.13. The molecule has 1 atom stereocenters. The van der Waals surface area contributed by atoms with Crippen LogP contribution in [0.3, 0.4) is 0 Å². The fourth-order valence-electron chi connectivity index (χ4n) is 2.50. The van der Waals surface area contributed by atoms with Gasteiger partial charge in [-0.2, -0.15) is 4.68 Å². The van der Waals surface area contributed by atoms with Crippen molar-refractivity contribution in [2.45, 2.75) is 25.8 Å². The number of rotatable bonds is 1. The number of imide groups is 1. The largest absolute Gasteiger partial charge is 0.284 e. The second kappa shape index (κ2) is 4.76. The predicted octanol–water partition coefficient (Wildman–Crippen LogP) is 0.420. The van der Waals surface area contributed by atoms with Crippen molar-refractivity contribution in [2.24, 2.45) is 0 Å². The Bertz CT molecular complexity index is 811. The lowest BCUT2D eigenvalue weighted by molar-refractivity contribution is -0.149. The van der Waals surface area contributed by atoms with Crippen LogP contribution >= 0.6 is 0 Å². The Hall–Kier alpha value is -2.57. The van der Waals surface area contributed by atoms with Gasteiger partial charge in [-0.15, -0.1) is 5.10 Å². The number of likely N-dealkylation sites (tertiary alicyclic amines) is 1. The molecule has 2 amide bonds. The van der Waals surface area contributed by atoms with Crippen LogP contribution in [0.15, 0.2) is 23.0 Å². The molecular formula is C14H14N4O3. The van der Waals surface area contributed by atoms with E-state index >= 15 is 0 Å². The van der Waals surface area contributed by atoms with Crippen LogP contribution in [0.2, 0.25) is 0 Å². The number of nitrogens with zero attached hydrogens (tertiary/aromatic N) is 4. The topological polar surface area (TPSA) is 85.2 Å². The maximum Gasteiger partial charge on any atom is 0.278 e. The summed E-state index contributed by atoms with van der Waals surface area (Å²) in [5.74, 6) is -0.663. The highest BCUT2D eigenvalue weighted by Gasteiger charge is 2.34. The summed E-state index contributed by atoms with van der Waals surface area (Å²) >= 11 is 0. The van der Waals surface area contributed by atoms with Gasteiger partial charge in [0, 0.05) is 13.5 Å². The fourth-order valence-corrected chi connectivity index (χ4v) is 2.50. The minimum absolute atomic E-state index is 0.215. The Morgan fingerprint density at radius 1 is 1.24 bits per heavy atom. The van der Waals surface area contributed by atoms with Gasteiger partial charge in [0.15, 0.2) is 0 Å². The maximum atomic E-state index is 12.5. The molecule has 0 spiro atoms. The van der Waals surface area contributed by atoms with Crippen LogP contribution in [-0.4, -0.2) is 38.8 Å². The molecule has 1 aromatic heterocycles. The molecule has 7 nitrogen and oxygen atoms in total. The molecule has 3 rings (SSSR count). The van der Waals surface area contributed by atoms with Gasteiger partial charge in [-0.05, 0) is 25.5 Å². The lowest BCUT2D eigenvalue weighted by Gasteiger charge is -2.27. The van der Waals surface area contributed by atoms with Crippen molar-refractivity contribution >= 4 is 22.7 Å². The summed E-state index contributed by atoms with van der Waals surface area (Å²) in [4.78, 5) is 37.2. The highest BCUT2D eigenvalue weighted by Crippen LogP contribution is 2.21. The van der Waals surface area contributed by atoms with E-state index < -0.39 is 11.9 Å². The van der Waals surface area contributed by atoms with Gasteiger partial charge in [-0.25, -0.2) is 0 Å². The highest BCUT2D eigenvalue weighted by atomic mass is 16.2. The van der Waals surface area contributed by atoms with E-state index in [0.717, 1.165) is 15.1 Å². The zero-order chi connectivity index (χ0) is 15.1. The lowest BCUT2D eigenvalue weighted by atomic mass is 10.0. The summed E-state index contributed by atoms with van der Waals surface area (Å²) in [7, 11) is 1.42. The van der Waals surface area contributed by atoms with E-state index in [2.05, 4.69) is 10.3 Å². The van der Waals surface area contributed by atoms with Crippen LogP contribution in [0.4, 0.5) is 0 Å². The van der Waals surface area contributed by atoms with Crippen LogP contribution in [0.5, 0.6) is 0 Å². The number of aryl methyl sites for hydroxylation is 1. The number of carbonyl (C=O) groups excluding carboxylic acids is 2. The van der Waals surface area contributed by atoms with E-state index in [1.54, 1.807) is 12.1 Å². The van der Waals surface area contributed by atoms with E-state index in [1.165, 1.54) is 7.05 Å². The highest BCUT2D eigenvalue weighted by molar-refractivity contribution is 5.99. The summed E-state index contributed by atoms with van der Waals surface area (Å²) < 4.78 is 1.09. The molecule has 0 saturated carbocycles. The number of benzene rings is 1.